The molecule has 0 spiro atoms. The van der Waals surface area contributed by atoms with Gasteiger partial charge in [-0.05, 0) is 36.6 Å². The second-order valence-electron chi connectivity index (χ2n) is 8.90. The smallest absolute Gasteiger partial charge is 0.352 e. The SMILES string of the molecule is C.C=CC(=O)N1CCN(c2nc(=O)n(-c3c(C)ccnc3C(C)C)c3nc(Cl)c(Cl)cc23)CC1CC#N. The summed E-state index contributed by atoms with van der Waals surface area (Å²) in [5.74, 6) is 0.165. The zero-order valence-corrected chi connectivity index (χ0v) is 21.7. The number of amides is 1. The molecule has 3 aromatic heterocycles. The van der Waals surface area contributed by atoms with Gasteiger partial charge in [-0.1, -0.05) is 51.1 Å². The number of aromatic nitrogens is 4. The molecule has 1 atom stereocenters. The summed E-state index contributed by atoms with van der Waals surface area (Å²) in [6, 6.07) is 5.22. The Morgan fingerprint density at radius 3 is 2.70 bits per heavy atom. The number of pyridine rings is 2. The lowest BCUT2D eigenvalue weighted by Crippen LogP contribution is -2.55. The van der Waals surface area contributed by atoms with Crippen molar-refractivity contribution in [1.29, 1.82) is 5.26 Å². The van der Waals surface area contributed by atoms with Crippen LogP contribution in [0.4, 0.5) is 5.82 Å². The van der Waals surface area contributed by atoms with E-state index < -0.39 is 11.7 Å². The number of nitriles is 1. The molecule has 37 heavy (non-hydrogen) atoms. The van der Waals surface area contributed by atoms with Crippen LogP contribution in [0.25, 0.3) is 16.7 Å². The first-order chi connectivity index (χ1) is 17.2. The third-order valence-corrected chi connectivity index (χ3v) is 6.92. The molecule has 1 unspecified atom stereocenters. The third-order valence-electron chi connectivity index (χ3n) is 6.25. The molecule has 0 N–H and O–H groups in total. The van der Waals surface area contributed by atoms with E-state index >= 15 is 0 Å². The van der Waals surface area contributed by atoms with Gasteiger partial charge in [0.25, 0.3) is 0 Å². The van der Waals surface area contributed by atoms with Crippen molar-refractivity contribution in [3.63, 3.8) is 0 Å². The number of hydrogen-bond acceptors (Lipinski definition) is 7. The van der Waals surface area contributed by atoms with Crippen LogP contribution in [0.1, 0.15) is 44.9 Å². The molecule has 0 aromatic carbocycles. The maximum Gasteiger partial charge on any atom is 0.355 e. The van der Waals surface area contributed by atoms with E-state index in [4.69, 9.17) is 23.2 Å². The van der Waals surface area contributed by atoms with Crippen LogP contribution in [0.2, 0.25) is 10.2 Å². The van der Waals surface area contributed by atoms with E-state index in [1.807, 2.05) is 31.7 Å². The molecule has 0 bridgehead atoms. The molecule has 1 fully saturated rings. The van der Waals surface area contributed by atoms with E-state index in [2.05, 4.69) is 27.6 Å². The Labute approximate surface area is 226 Å². The molecule has 3 aromatic rings. The van der Waals surface area contributed by atoms with Crippen molar-refractivity contribution in [2.24, 2.45) is 0 Å². The van der Waals surface area contributed by atoms with Gasteiger partial charge in [-0.25, -0.2) is 14.3 Å². The van der Waals surface area contributed by atoms with Gasteiger partial charge in [-0.15, -0.1) is 0 Å². The number of anilines is 1. The highest BCUT2D eigenvalue weighted by atomic mass is 35.5. The number of carbonyl (C=O) groups excluding carboxylic acids is 1. The number of rotatable bonds is 5. The van der Waals surface area contributed by atoms with Crippen molar-refractivity contribution in [3.05, 3.63) is 62.9 Å². The van der Waals surface area contributed by atoms with Gasteiger partial charge in [0.1, 0.15) is 11.0 Å². The Morgan fingerprint density at radius 1 is 1.32 bits per heavy atom. The number of hydrogen-bond donors (Lipinski definition) is 0. The van der Waals surface area contributed by atoms with Gasteiger partial charge in [0.05, 0.1) is 40.3 Å². The van der Waals surface area contributed by atoms with Crippen molar-refractivity contribution >= 4 is 46.0 Å². The van der Waals surface area contributed by atoms with Crippen LogP contribution in [0, 0.1) is 18.3 Å². The van der Waals surface area contributed by atoms with Gasteiger partial charge in [0.2, 0.25) is 5.91 Å². The van der Waals surface area contributed by atoms with Gasteiger partial charge in [0, 0.05) is 25.8 Å². The molecule has 0 aliphatic carbocycles. The zero-order valence-electron chi connectivity index (χ0n) is 20.2. The van der Waals surface area contributed by atoms with Crippen LogP contribution >= 0.6 is 23.2 Å². The summed E-state index contributed by atoms with van der Waals surface area (Å²) in [6.07, 6.45) is 3.07. The fourth-order valence-electron chi connectivity index (χ4n) is 4.55. The van der Waals surface area contributed by atoms with Crippen LogP contribution in [-0.2, 0) is 4.79 Å². The van der Waals surface area contributed by atoms with E-state index in [0.717, 1.165) is 11.3 Å². The van der Waals surface area contributed by atoms with E-state index in [-0.39, 0.29) is 35.8 Å². The summed E-state index contributed by atoms with van der Waals surface area (Å²) in [5, 5.41) is 10.2. The van der Waals surface area contributed by atoms with E-state index in [9.17, 15) is 14.9 Å². The van der Waals surface area contributed by atoms with E-state index in [0.29, 0.717) is 42.2 Å². The first kappa shape index (κ1) is 28.1. The van der Waals surface area contributed by atoms with Crippen molar-refractivity contribution in [3.8, 4) is 11.8 Å². The number of nitrogens with zero attached hydrogens (tertiary/aromatic N) is 7. The largest absolute Gasteiger partial charge is 0.355 e. The second-order valence-corrected chi connectivity index (χ2v) is 9.67. The first-order valence-corrected chi connectivity index (χ1v) is 12.2. The highest BCUT2D eigenvalue weighted by Crippen LogP contribution is 2.33. The third kappa shape index (κ3) is 5.17. The number of piperazine rings is 1. The molecule has 194 valence electrons. The fraction of sp³-hybridized carbons (Fsp3) is 0.385. The summed E-state index contributed by atoms with van der Waals surface area (Å²) in [4.78, 5) is 42.9. The lowest BCUT2D eigenvalue weighted by Gasteiger charge is -2.41. The quantitative estimate of drug-likeness (QED) is 0.341. The van der Waals surface area contributed by atoms with Crippen LogP contribution in [0.15, 0.2) is 35.8 Å². The molecule has 1 aliphatic rings. The molecule has 1 amide bonds. The van der Waals surface area contributed by atoms with Crippen molar-refractivity contribution in [2.75, 3.05) is 24.5 Å². The molecular formula is C26H29Cl2N7O2. The van der Waals surface area contributed by atoms with E-state index in [1.54, 1.807) is 17.2 Å². The summed E-state index contributed by atoms with van der Waals surface area (Å²) in [7, 11) is 0. The van der Waals surface area contributed by atoms with Gasteiger partial charge in [0.15, 0.2) is 5.65 Å². The molecule has 11 heteroatoms. The van der Waals surface area contributed by atoms with Crippen molar-refractivity contribution in [2.45, 2.75) is 46.6 Å². The van der Waals surface area contributed by atoms with E-state index in [1.165, 1.54) is 10.6 Å². The molecule has 0 radical (unpaired) electrons. The number of fused-ring (bicyclic) bond motifs is 1. The minimum atomic E-state index is -0.539. The van der Waals surface area contributed by atoms with Crippen molar-refractivity contribution < 1.29 is 4.79 Å². The molecular weight excluding hydrogens is 513 g/mol. The molecule has 9 nitrogen and oxygen atoms in total. The molecule has 0 saturated carbocycles. The Bertz CT molecular complexity index is 1460. The predicted molar refractivity (Wildman–Crippen MR) is 147 cm³/mol. The van der Waals surface area contributed by atoms with Crippen LogP contribution in [0.5, 0.6) is 0 Å². The monoisotopic (exact) mass is 541 g/mol. The lowest BCUT2D eigenvalue weighted by atomic mass is 10.0. The highest BCUT2D eigenvalue weighted by molar-refractivity contribution is 6.41. The highest BCUT2D eigenvalue weighted by Gasteiger charge is 2.32. The summed E-state index contributed by atoms with van der Waals surface area (Å²) in [6.45, 7) is 10.5. The summed E-state index contributed by atoms with van der Waals surface area (Å²) >= 11 is 12.7. The minimum absolute atomic E-state index is 0. The van der Waals surface area contributed by atoms with Crippen LogP contribution in [0.3, 0.4) is 0 Å². The summed E-state index contributed by atoms with van der Waals surface area (Å²) < 4.78 is 1.43. The average molecular weight is 542 g/mol. The van der Waals surface area contributed by atoms with Gasteiger partial charge in [-0.2, -0.15) is 10.2 Å². The normalized spacial score (nSPS) is 15.4. The summed E-state index contributed by atoms with van der Waals surface area (Å²) in [5.41, 5.74) is 1.94. The Balaban J connectivity index is 0.00000380. The predicted octanol–water partition coefficient (Wildman–Crippen LogP) is 4.67. The van der Waals surface area contributed by atoms with Crippen LogP contribution in [-0.4, -0.2) is 56.0 Å². The average Bonchev–Trinajstić information content (AvgIpc) is 2.85. The Morgan fingerprint density at radius 2 is 2.05 bits per heavy atom. The molecule has 4 heterocycles. The zero-order chi connectivity index (χ0) is 26.1. The lowest BCUT2D eigenvalue weighted by molar-refractivity contribution is -0.128. The first-order valence-electron chi connectivity index (χ1n) is 11.5. The van der Waals surface area contributed by atoms with Gasteiger partial charge < -0.3 is 9.80 Å². The van der Waals surface area contributed by atoms with Gasteiger partial charge >= 0.3 is 5.69 Å². The molecule has 4 rings (SSSR count). The maximum absolute atomic E-state index is 13.6. The standard InChI is InChI=1S/C25H25Cl2N7O2.CH4/c1-5-19(35)33-11-10-32(13-16(33)6-8-28)23-17-12-18(26)22(27)30-24(17)34(25(36)31-23)21-15(4)7-9-29-20(21)14(2)3;/h5,7,9,12,14,16H,1,6,10-11,13H2,2-4H3;1H4. The van der Waals surface area contributed by atoms with Crippen LogP contribution < -0.4 is 10.6 Å². The Kier molecular flexibility index (Phi) is 8.57. The maximum atomic E-state index is 13.6. The number of halogens is 2. The van der Waals surface area contributed by atoms with Crippen molar-refractivity contribution in [1.82, 2.24) is 24.4 Å². The topological polar surface area (TPSA) is 108 Å². The Hall–Kier alpha value is -3.48. The number of aryl methyl sites for hydroxylation is 1. The molecule has 1 aliphatic heterocycles. The second kappa shape index (κ2) is 11.3. The fourth-order valence-corrected chi connectivity index (χ4v) is 4.83. The molecule has 1 saturated heterocycles. The van der Waals surface area contributed by atoms with Gasteiger partial charge in [-0.3, -0.25) is 9.78 Å². The minimum Gasteiger partial charge on any atom is -0.352 e. The number of carbonyl (C=O) groups is 1.